The molecule has 5 atom stereocenters. The maximum absolute atomic E-state index is 11.9. The summed E-state index contributed by atoms with van der Waals surface area (Å²) in [5.41, 5.74) is 2.92. The van der Waals surface area contributed by atoms with Crippen LogP contribution in [0.1, 0.15) is 82.8 Å². The van der Waals surface area contributed by atoms with Crippen molar-refractivity contribution in [1.29, 1.82) is 0 Å². The molecule has 4 nitrogen and oxygen atoms in total. The Balaban J connectivity index is 1.54. The lowest BCUT2D eigenvalue weighted by Crippen LogP contribution is -2.45. The van der Waals surface area contributed by atoms with Crippen LogP contribution in [0.5, 0.6) is 5.75 Å². The van der Waals surface area contributed by atoms with Crippen molar-refractivity contribution in [2.24, 2.45) is 17.3 Å². The Kier molecular flexibility index (Phi) is 5.24. The summed E-state index contributed by atoms with van der Waals surface area (Å²) in [6.45, 7) is 6.05. The zero-order valence-corrected chi connectivity index (χ0v) is 17.3. The van der Waals surface area contributed by atoms with E-state index in [1.807, 2.05) is 19.9 Å². The van der Waals surface area contributed by atoms with Gasteiger partial charge in [-0.3, -0.25) is 9.59 Å². The van der Waals surface area contributed by atoms with Gasteiger partial charge in [-0.15, -0.1) is 0 Å². The number of carbonyl (C=O) groups excluding carboxylic acids is 2. The lowest BCUT2D eigenvalue weighted by Gasteiger charge is -2.50. The third-order valence-corrected chi connectivity index (χ3v) is 7.69. The van der Waals surface area contributed by atoms with Crippen LogP contribution < -0.4 is 4.74 Å². The molecular formula is C24H32O4. The fourth-order valence-electron chi connectivity index (χ4n) is 6.21. The Morgan fingerprint density at radius 1 is 1.07 bits per heavy atom. The first kappa shape index (κ1) is 19.5. The molecular weight excluding hydrogens is 352 g/mol. The molecule has 3 aliphatic carbocycles. The van der Waals surface area contributed by atoms with Gasteiger partial charge in [0, 0.05) is 18.3 Å². The summed E-state index contributed by atoms with van der Waals surface area (Å²) in [6, 6.07) is 6.23. The summed E-state index contributed by atoms with van der Waals surface area (Å²) < 4.78 is 11.3. The minimum Gasteiger partial charge on any atom is -0.462 e. The second-order valence-corrected chi connectivity index (χ2v) is 9.06. The molecule has 0 saturated heterocycles. The molecule has 0 amide bonds. The van der Waals surface area contributed by atoms with Crippen LogP contribution in [-0.2, 0) is 20.7 Å². The topological polar surface area (TPSA) is 52.6 Å². The highest BCUT2D eigenvalue weighted by Crippen LogP contribution is 2.61. The van der Waals surface area contributed by atoms with Gasteiger partial charge >= 0.3 is 11.9 Å². The molecule has 0 spiro atoms. The quantitative estimate of drug-likeness (QED) is 0.530. The van der Waals surface area contributed by atoms with Crippen molar-refractivity contribution in [2.45, 2.75) is 84.2 Å². The molecule has 1 aromatic rings. The molecule has 4 rings (SSSR count). The van der Waals surface area contributed by atoms with Crippen LogP contribution in [-0.4, -0.2) is 18.0 Å². The van der Waals surface area contributed by atoms with Gasteiger partial charge < -0.3 is 9.47 Å². The molecule has 28 heavy (non-hydrogen) atoms. The number of hydrogen-bond acceptors (Lipinski definition) is 4. The number of carbonyl (C=O) groups is 2. The van der Waals surface area contributed by atoms with E-state index in [9.17, 15) is 9.59 Å². The molecule has 1 aromatic carbocycles. The largest absolute Gasteiger partial charge is 0.462 e. The van der Waals surface area contributed by atoms with E-state index < -0.39 is 0 Å². The van der Waals surface area contributed by atoms with Crippen LogP contribution >= 0.6 is 0 Å². The van der Waals surface area contributed by atoms with Crippen molar-refractivity contribution in [3.8, 4) is 5.75 Å². The number of hydrogen-bond donors (Lipinski definition) is 0. The highest BCUT2D eigenvalue weighted by Gasteiger charge is 2.56. The van der Waals surface area contributed by atoms with E-state index in [1.54, 1.807) is 0 Å². The van der Waals surface area contributed by atoms with Gasteiger partial charge in [-0.25, -0.2) is 0 Å². The van der Waals surface area contributed by atoms with Gasteiger partial charge in [0.1, 0.15) is 11.9 Å². The predicted octanol–water partition coefficient (Wildman–Crippen LogP) is 5.18. The Morgan fingerprint density at radius 2 is 1.86 bits per heavy atom. The van der Waals surface area contributed by atoms with Gasteiger partial charge in [0.15, 0.2) is 0 Å². The summed E-state index contributed by atoms with van der Waals surface area (Å²) in [5, 5.41) is 0. The van der Waals surface area contributed by atoms with Gasteiger partial charge in [-0.05, 0) is 79.5 Å². The average molecular weight is 385 g/mol. The summed E-state index contributed by atoms with van der Waals surface area (Å²) in [5.74, 6) is 2.32. The maximum atomic E-state index is 11.9. The number of esters is 2. The van der Waals surface area contributed by atoms with E-state index in [0.29, 0.717) is 36.3 Å². The Morgan fingerprint density at radius 3 is 2.61 bits per heavy atom. The summed E-state index contributed by atoms with van der Waals surface area (Å²) in [4.78, 5) is 23.5. The van der Waals surface area contributed by atoms with Gasteiger partial charge in [0.25, 0.3) is 0 Å². The van der Waals surface area contributed by atoms with Crippen LogP contribution in [0.2, 0.25) is 0 Å². The van der Waals surface area contributed by atoms with Crippen molar-refractivity contribution in [3.63, 3.8) is 0 Å². The monoisotopic (exact) mass is 384 g/mol. The molecule has 0 heterocycles. The van der Waals surface area contributed by atoms with Crippen LogP contribution in [0.3, 0.4) is 0 Å². The summed E-state index contributed by atoms with van der Waals surface area (Å²) in [7, 11) is 0. The smallest absolute Gasteiger partial charge is 0.310 e. The van der Waals surface area contributed by atoms with Crippen molar-refractivity contribution < 1.29 is 19.1 Å². The molecule has 2 fully saturated rings. The lowest BCUT2D eigenvalue weighted by atomic mass is 9.55. The number of fused-ring (bicyclic) bond motifs is 5. The first-order chi connectivity index (χ1) is 13.5. The summed E-state index contributed by atoms with van der Waals surface area (Å²) >= 11 is 0. The number of ether oxygens (including phenoxy) is 2. The van der Waals surface area contributed by atoms with Crippen LogP contribution in [0.25, 0.3) is 0 Å². The van der Waals surface area contributed by atoms with E-state index in [4.69, 9.17) is 9.47 Å². The number of aryl methyl sites for hydroxylation is 1. The molecule has 3 unspecified atom stereocenters. The van der Waals surface area contributed by atoms with E-state index in [1.165, 1.54) is 24.0 Å². The first-order valence-corrected chi connectivity index (χ1v) is 11.0. The Hall–Kier alpha value is -1.84. The average Bonchev–Trinajstić information content (AvgIpc) is 3.03. The second-order valence-electron chi connectivity index (χ2n) is 9.06. The lowest BCUT2D eigenvalue weighted by molar-refractivity contribution is -0.157. The van der Waals surface area contributed by atoms with E-state index >= 15 is 0 Å². The zero-order chi connectivity index (χ0) is 19.9. The molecule has 3 aliphatic rings. The molecule has 0 aromatic heterocycles. The van der Waals surface area contributed by atoms with Crippen LogP contribution in [0.4, 0.5) is 0 Å². The van der Waals surface area contributed by atoms with E-state index in [2.05, 4.69) is 19.1 Å². The van der Waals surface area contributed by atoms with E-state index in [0.717, 1.165) is 25.7 Å². The van der Waals surface area contributed by atoms with Crippen molar-refractivity contribution in [3.05, 3.63) is 29.3 Å². The molecule has 0 N–H and O–H groups in total. The summed E-state index contributed by atoms with van der Waals surface area (Å²) in [6.07, 6.45) is 7.61. The zero-order valence-electron chi connectivity index (χ0n) is 17.3. The number of rotatable bonds is 4. The van der Waals surface area contributed by atoms with Gasteiger partial charge in [-0.2, -0.15) is 0 Å². The highest BCUT2D eigenvalue weighted by molar-refractivity contribution is 5.72. The fourth-order valence-corrected chi connectivity index (χ4v) is 6.21. The van der Waals surface area contributed by atoms with Crippen molar-refractivity contribution >= 4 is 11.9 Å². The highest BCUT2D eigenvalue weighted by atomic mass is 16.5. The van der Waals surface area contributed by atoms with Gasteiger partial charge in [0.2, 0.25) is 0 Å². The SMILES string of the molecule is CCC(=O)Oc1ccc2c(c1)CCC1C2CC[C@@]2(C)C1CC[C@@H]2OC(=O)CC. The normalized spacial score (nSPS) is 33.4. The first-order valence-electron chi connectivity index (χ1n) is 11.0. The predicted molar refractivity (Wildman–Crippen MR) is 107 cm³/mol. The van der Waals surface area contributed by atoms with Crippen LogP contribution in [0, 0.1) is 17.3 Å². The molecule has 0 aliphatic heterocycles. The minimum absolute atomic E-state index is 0.0582. The van der Waals surface area contributed by atoms with Crippen molar-refractivity contribution in [2.75, 3.05) is 0 Å². The Labute approximate surface area is 168 Å². The van der Waals surface area contributed by atoms with E-state index in [-0.39, 0.29) is 23.5 Å². The van der Waals surface area contributed by atoms with Crippen LogP contribution in [0.15, 0.2) is 18.2 Å². The third-order valence-electron chi connectivity index (χ3n) is 7.69. The van der Waals surface area contributed by atoms with Gasteiger partial charge in [0.05, 0.1) is 0 Å². The standard InChI is InChI=1S/C24H32O4/c1-4-22(25)27-16-7-9-17-15(14-16)6-8-19-18(17)12-13-24(3)20(19)10-11-21(24)28-23(26)5-2/h7,9,14,18-21H,4-6,8,10-13H2,1-3H3/t18?,19?,20?,21-,24-/m0/s1. The molecule has 0 radical (unpaired) electrons. The molecule has 4 heteroatoms. The minimum atomic E-state index is -0.180. The maximum Gasteiger partial charge on any atom is 0.310 e. The van der Waals surface area contributed by atoms with Crippen molar-refractivity contribution in [1.82, 2.24) is 0 Å². The van der Waals surface area contributed by atoms with Gasteiger partial charge in [-0.1, -0.05) is 26.8 Å². The second kappa shape index (κ2) is 7.53. The Bertz CT molecular complexity index is 770. The third kappa shape index (κ3) is 3.25. The number of benzene rings is 1. The molecule has 152 valence electrons. The fraction of sp³-hybridized carbons (Fsp3) is 0.667. The molecule has 0 bridgehead atoms. The molecule has 2 saturated carbocycles.